The van der Waals surface area contributed by atoms with Crippen molar-refractivity contribution in [3.05, 3.63) is 58.6 Å². The summed E-state index contributed by atoms with van der Waals surface area (Å²) in [5.41, 5.74) is 3.31. The number of aromatic carboxylic acids is 1. The van der Waals surface area contributed by atoms with Gasteiger partial charge in [-0.2, -0.15) is 0 Å². The van der Waals surface area contributed by atoms with Gasteiger partial charge in [0.1, 0.15) is 0 Å². The summed E-state index contributed by atoms with van der Waals surface area (Å²) < 4.78 is 0. The van der Waals surface area contributed by atoms with Gasteiger partial charge in [-0.25, -0.2) is 4.79 Å². The fourth-order valence-electron chi connectivity index (χ4n) is 1.93. The minimum atomic E-state index is -0.969. The number of carboxylic acid groups (broad SMARTS) is 1. The number of hydrogen-bond acceptors (Lipinski definition) is 1. The molecule has 2 aromatic rings. The Labute approximate surface area is 117 Å². The van der Waals surface area contributed by atoms with Crippen LogP contribution in [0.3, 0.4) is 0 Å². The minimum absolute atomic E-state index is 0.201. The molecule has 0 radical (unpaired) electrons. The molecule has 2 nitrogen and oxygen atoms in total. The lowest BCUT2D eigenvalue weighted by molar-refractivity contribution is 0.0697. The predicted octanol–water partition coefficient (Wildman–Crippen LogP) is 4.83. The van der Waals surface area contributed by atoms with Crippen LogP contribution in [0.15, 0.2) is 42.5 Å². The van der Waals surface area contributed by atoms with Crippen LogP contribution in [0.4, 0.5) is 0 Å². The van der Waals surface area contributed by atoms with Crippen molar-refractivity contribution in [1.82, 2.24) is 0 Å². The molecule has 0 fully saturated rings. The van der Waals surface area contributed by atoms with Gasteiger partial charge in [-0.1, -0.05) is 55.8 Å². The molecule has 0 aliphatic carbocycles. The molecule has 0 saturated carbocycles. The SMILES string of the molecule is CC(C)c1ccc(-c2ccc(C(=O)O)cc2Cl)cc1. The summed E-state index contributed by atoms with van der Waals surface area (Å²) in [5.74, 6) is -0.484. The Hall–Kier alpha value is -1.80. The lowest BCUT2D eigenvalue weighted by Gasteiger charge is -2.09. The molecule has 2 aromatic carbocycles. The summed E-state index contributed by atoms with van der Waals surface area (Å²) in [7, 11) is 0. The van der Waals surface area contributed by atoms with Gasteiger partial charge in [0.15, 0.2) is 0 Å². The standard InChI is InChI=1S/C16H15ClO2/c1-10(2)11-3-5-12(6-4-11)14-8-7-13(16(18)19)9-15(14)17/h3-10H,1-2H3,(H,18,19). The Balaban J connectivity index is 2.39. The van der Waals surface area contributed by atoms with Crippen molar-refractivity contribution in [2.75, 3.05) is 0 Å². The second kappa shape index (κ2) is 5.45. The Kier molecular flexibility index (Phi) is 3.91. The van der Waals surface area contributed by atoms with Crippen LogP contribution in [0.1, 0.15) is 35.7 Å². The fourth-order valence-corrected chi connectivity index (χ4v) is 2.22. The van der Waals surface area contributed by atoms with Crippen molar-refractivity contribution in [2.45, 2.75) is 19.8 Å². The molecule has 0 amide bonds. The third-order valence-electron chi connectivity index (χ3n) is 3.10. The third kappa shape index (κ3) is 2.96. The Morgan fingerprint density at radius 1 is 1.11 bits per heavy atom. The molecule has 3 heteroatoms. The first-order chi connectivity index (χ1) is 8.99. The monoisotopic (exact) mass is 274 g/mol. The molecule has 19 heavy (non-hydrogen) atoms. The first-order valence-corrected chi connectivity index (χ1v) is 6.50. The van der Waals surface area contributed by atoms with E-state index in [0.29, 0.717) is 10.9 Å². The largest absolute Gasteiger partial charge is 0.478 e. The lowest BCUT2D eigenvalue weighted by atomic mass is 9.98. The highest BCUT2D eigenvalue weighted by Gasteiger charge is 2.09. The zero-order valence-corrected chi connectivity index (χ0v) is 11.6. The van der Waals surface area contributed by atoms with Gasteiger partial charge in [0.05, 0.1) is 5.56 Å². The molecular formula is C16H15ClO2. The van der Waals surface area contributed by atoms with Crippen LogP contribution >= 0.6 is 11.6 Å². The maximum absolute atomic E-state index is 10.9. The molecule has 0 saturated heterocycles. The van der Waals surface area contributed by atoms with Crippen molar-refractivity contribution in [2.24, 2.45) is 0 Å². The minimum Gasteiger partial charge on any atom is -0.478 e. The molecule has 0 atom stereocenters. The summed E-state index contributed by atoms with van der Waals surface area (Å²) in [6.45, 7) is 4.28. The van der Waals surface area contributed by atoms with Crippen molar-refractivity contribution in [3.63, 3.8) is 0 Å². The maximum Gasteiger partial charge on any atom is 0.335 e. The summed E-state index contributed by atoms with van der Waals surface area (Å²) in [6, 6.07) is 13.0. The summed E-state index contributed by atoms with van der Waals surface area (Å²) in [4.78, 5) is 10.9. The second-order valence-electron chi connectivity index (χ2n) is 4.78. The van der Waals surface area contributed by atoms with Crippen molar-refractivity contribution in [3.8, 4) is 11.1 Å². The quantitative estimate of drug-likeness (QED) is 0.870. The van der Waals surface area contributed by atoms with Crippen molar-refractivity contribution < 1.29 is 9.90 Å². The Bertz CT molecular complexity index is 601. The van der Waals surface area contributed by atoms with E-state index in [0.717, 1.165) is 11.1 Å². The van der Waals surface area contributed by atoms with Gasteiger partial charge in [-0.3, -0.25) is 0 Å². The van der Waals surface area contributed by atoms with E-state index in [9.17, 15) is 4.79 Å². The van der Waals surface area contributed by atoms with Crippen LogP contribution in [-0.2, 0) is 0 Å². The average molecular weight is 275 g/mol. The normalized spacial score (nSPS) is 10.7. The molecule has 0 aliphatic rings. The van der Waals surface area contributed by atoms with E-state index in [-0.39, 0.29) is 5.56 Å². The van der Waals surface area contributed by atoms with Crippen molar-refractivity contribution in [1.29, 1.82) is 0 Å². The predicted molar refractivity (Wildman–Crippen MR) is 77.9 cm³/mol. The summed E-state index contributed by atoms with van der Waals surface area (Å²) in [6.07, 6.45) is 0. The number of carboxylic acids is 1. The Morgan fingerprint density at radius 2 is 1.74 bits per heavy atom. The molecule has 1 N–H and O–H groups in total. The fraction of sp³-hybridized carbons (Fsp3) is 0.188. The molecule has 0 aliphatic heterocycles. The molecular weight excluding hydrogens is 260 g/mol. The summed E-state index contributed by atoms with van der Waals surface area (Å²) in [5, 5.41) is 9.37. The van der Waals surface area contributed by atoms with Gasteiger partial charge < -0.3 is 5.11 Å². The molecule has 2 rings (SSSR count). The van der Waals surface area contributed by atoms with Crippen LogP contribution in [-0.4, -0.2) is 11.1 Å². The number of carbonyl (C=O) groups is 1. The van der Waals surface area contributed by atoms with Gasteiger partial charge in [-0.15, -0.1) is 0 Å². The highest BCUT2D eigenvalue weighted by molar-refractivity contribution is 6.33. The first kappa shape index (κ1) is 13.6. The van der Waals surface area contributed by atoms with Gasteiger partial charge in [0.25, 0.3) is 0 Å². The smallest absolute Gasteiger partial charge is 0.335 e. The Morgan fingerprint density at radius 3 is 2.21 bits per heavy atom. The molecule has 0 heterocycles. The van der Waals surface area contributed by atoms with Gasteiger partial charge >= 0.3 is 5.97 Å². The number of hydrogen-bond donors (Lipinski definition) is 1. The number of benzene rings is 2. The zero-order chi connectivity index (χ0) is 14.0. The molecule has 0 aromatic heterocycles. The molecule has 0 bridgehead atoms. The maximum atomic E-state index is 10.9. The first-order valence-electron chi connectivity index (χ1n) is 6.12. The van der Waals surface area contributed by atoms with E-state index in [1.165, 1.54) is 11.6 Å². The van der Waals surface area contributed by atoms with Crippen LogP contribution < -0.4 is 0 Å². The third-order valence-corrected chi connectivity index (χ3v) is 3.42. The lowest BCUT2D eigenvalue weighted by Crippen LogP contribution is -1.96. The van der Waals surface area contributed by atoms with Crippen LogP contribution in [0.25, 0.3) is 11.1 Å². The number of rotatable bonds is 3. The highest BCUT2D eigenvalue weighted by Crippen LogP contribution is 2.29. The van der Waals surface area contributed by atoms with Crippen LogP contribution in [0.2, 0.25) is 5.02 Å². The second-order valence-corrected chi connectivity index (χ2v) is 5.18. The van der Waals surface area contributed by atoms with Gasteiger partial charge in [0, 0.05) is 10.6 Å². The average Bonchev–Trinajstić information content (AvgIpc) is 2.38. The van der Waals surface area contributed by atoms with E-state index < -0.39 is 5.97 Å². The number of halogens is 1. The van der Waals surface area contributed by atoms with E-state index in [1.807, 2.05) is 12.1 Å². The van der Waals surface area contributed by atoms with Gasteiger partial charge in [-0.05, 0) is 29.2 Å². The van der Waals surface area contributed by atoms with E-state index >= 15 is 0 Å². The molecule has 0 spiro atoms. The molecule has 98 valence electrons. The van der Waals surface area contributed by atoms with Gasteiger partial charge in [0.2, 0.25) is 0 Å². The summed E-state index contributed by atoms with van der Waals surface area (Å²) >= 11 is 6.15. The van der Waals surface area contributed by atoms with Crippen LogP contribution in [0.5, 0.6) is 0 Å². The topological polar surface area (TPSA) is 37.3 Å². The van der Waals surface area contributed by atoms with Crippen LogP contribution in [0, 0.1) is 0 Å². The zero-order valence-electron chi connectivity index (χ0n) is 10.9. The van der Waals surface area contributed by atoms with E-state index in [1.54, 1.807) is 12.1 Å². The van der Waals surface area contributed by atoms with E-state index in [2.05, 4.69) is 26.0 Å². The van der Waals surface area contributed by atoms with Crippen molar-refractivity contribution >= 4 is 17.6 Å². The molecule has 0 unspecified atom stereocenters. The van der Waals surface area contributed by atoms with E-state index in [4.69, 9.17) is 16.7 Å². The highest BCUT2D eigenvalue weighted by atomic mass is 35.5.